The van der Waals surface area contributed by atoms with Crippen molar-refractivity contribution < 1.29 is 22.7 Å². The standard InChI is InChI=1S/C11H10BrF3O2/c1-7-2-8(4-9(16)6-12)5-10(3-7)17-11(13,14)15/h2-3,5H,4,6H2,1H3. The highest BCUT2D eigenvalue weighted by Crippen LogP contribution is 2.25. The first kappa shape index (κ1) is 14.0. The maximum absolute atomic E-state index is 12.0. The molecule has 1 aromatic carbocycles. The van der Waals surface area contributed by atoms with E-state index < -0.39 is 6.36 Å². The Balaban J connectivity index is 2.90. The summed E-state index contributed by atoms with van der Waals surface area (Å²) >= 11 is 3.00. The lowest BCUT2D eigenvalue weighted by atomic mass is 10.1. The highest BCUT2D eigenvalue weighted by Gasteiger charge is 2.31. The molecule has 94 valence electrons. The van der Waals surface area contributed by atoms with Gasteiger partial charge >= 0.3 is 6.36 Å². The quantitative estimate of drug-likeness (QED) is 0.797. The van der Waals surface area contributed by atoms with Crippen LogP contribution in [0.15, 0.2) is 18.2 Å². The Bertz CT molecular complexity index is 416. The van der Waals surface area contributed by atoms with Gasteiger partial charge in [0.1, 0.15) is 11.5 Å². The maximum Gasteiger partial charge on any atom is 0.573 e. The smallest absolute Gasteiger partial charge is 0.406 e. The number of alkyl halides is 4. The molecule has 0 bridgehead atoms. The largest absolute Gasteiger partial charge is 0.573 e. The van der Waals surface area contributed by atoms with Crippen LogP contribution in [-0.2, 0) is 11.2 Å². The topological polar surface area (TPSA) is 26.3 Å². The first-order valence-corrected chi connectivity index (χ1v) is 5.86. The summed E-state index contributed by atoms with van der Waals surface area (Å²) in [6.45, 7) is 1.64. The minimum Gasteiger partial charge on any atom is -0.406 e. The Morgan fingerprint density at radius 1 is 1.35 bits per heavy atom. The molecule has 0 unspecified atom stereocenters. The number of ketones is 1. The van der Waals surface area contributed by atoms with Gasteiger partial charge < -0.3 is 4.74 Å². The zero-order valence-electron chi connectivity index (χ0n) is 8.97. The molecule has 0 atom stereocenters. The van der Waals surface area contributed by atoms with E-state index >= 15 is 0 Å². The Morgan fingerprint density at radius 3 is 2.53 bits per heavy atom. The van der Waals surface area contributed by atoms with E-state index in [0.29, 0.717) is 11.1 Å². The lowest BCUT2D eigenvalue weighted by Gasteiger charge is -2.11. The number of Topliss-reactive ketones (excluding diaryl/α,β-unsaturated/α-hetero) is 1. The third-order valence-corrected chi connectivity index (χ3v) is 2.52. The fraction of sp³-hybridized carbons (Fsp3) is 0.364. The van der Waals surface area contributed by atoms with Crippen LogP contribution in [0.4, 0.5) is 13.2 Å². The van der Waals surface area contributed by atoms with E-state index in [1.807, 2.05) is 0 Å². The van der Waals surface area contributed by atoms with Crippen LogP contribution in [0.2, 0.25) is 0 Å². The molecule has 0 saturated carbocycles. The highest BCUT2D eigenvalue weighted by atomic mass is 79.9. The van der Waals surface area contributed by atoms with E-state index in [-0.39, 0.29) is 23.3 Å². The normalized spacial score (nSPS) is 11.4. The van der Waals surface area contributed by atoms with Crippen LogP contribution in [0.3, 0.4) is 0 Å². The predicted octanol–water partition coefficient (Wildman–Crippen LogP) is 3.40. The summed E-state index contributed by atoms with van der Waals surface area (Å²) in [5.41, 5.74) is 1.12. The molecule has 0 N–H and O–H groups in total. The van der Waals surface area contributed by atoms with Gasteiger partial charge in [0, 0.05) is 6.42 Å². The minimum atomic E-state index is -4.72. The molecule has 0 aromatic heterocycles. The fourth-order valence-electron chi connectivity index (χ4n) is 1.39. The van der Waals surface area contributed by atoms with Gasteiger partial charge in [0.2, 0.25) is 0 Å². The van der Waals surface area contributed by atoms with Crippen LogP contribution < -0.4 is 4.74 Å². The molecule has 0 heterocycles. The number of aryl methyl sites for hydroxylation is 1. The average molecular weight is 311 g/mol. The summed E-state index contributed by atoms with van der Waals surface area (Å²) in [6.07, 6.45) is -4.63. The molecule has 0 amide bonds. The van der Waals surface area contributed by atoms with E-state index in [4.69, 9.17) is 0 Å². The van der Waals surface area contributed by atoms with Crippen molar-refractivity contribution in [3.05, 3.63) is 29.3 Å². The van der Waals surface area contributed by atoms with Crippen LogP contribution in [0.5, 0.6) is 5.75 Å². The molecule has 0 aliphatic heterocycles. The van der Waals surface area contributed by atoms with E-state index in [1.54, 1.807) is 13.0 Å². The molecule has 0 radical (unpaired) electrons. The molecular formula is C11H10BrF3O2. The fourth-order valence-corrected chi connectivity index (χ4v) is 1.59. The Hall–Kier alpha value is -1.04. The third kappa shape index (κ3) is 5.21. The monoisotopic (exact) mass is 310 g/mol. The van der Waals surface area contributed by atoms with Crippen LogP contribution in [0.1, 0.15) is 11.1 Å². The van der Waals surface area contributed by atoms with Crippen molar-refractivity contribution in [3.63, 3.8) is 0 Å². The minimum absolute atomic E-state index is 0.0845. The van der Waals surface area contributed by atoms with Crippen molar-refractivity contribution in [3.8, 4) is 5.75 Å². The number of carbonyl (C=O) groups excluding carboxylic acids is 1. The Morgan fingerprint density at radius 2 is 2.00 bits per heavy atom. The van der Waals surface area contributed by atoms with Gasteiger partial charge in [0.05, 0.1) is 5.33 Å². The third-order valence-electron chi connectivity index (χ3n) is 1.89. The molecule has 17 heavy (non-hydrogen) atoms. The van der Waals surface area contributed by atoms with Crippen molar-refractivity contribution in [1.29, 1.82) is 0 Å². The summed E-state index contributed by atoms with van der Waals surface area (Å²) in [5.74, 6) is -0.400. The number of benzene rings is 1. The highest BCUT2D eigenvalue weighted by molar-refractivity contribution is 9.09. The first-order chi connectivity index (χ1) is 7.80. The second-order valence-electron chi connectivity index (χ2n) is 3.55. The summed E-state index contributed by atoms with van der Waals surface area (Å²) in [5, 5.41) is 0.177. The molecule has 2 nitrogen and oxygen atoms in total. The van der Waals surface area contributed by atoms with Crippen LogP contribution >= 0.6 is 15.9 Å². The second kappa shape index (κ2) is 5.53. The van der Waals surface area contributed by atoms with Gasteiger partial charge in [0.15, 0.2) is 0 Å². The number of hydrogen-bond donors (Lipinski definition) is 0. The maximum atomic E-state index is 12.0. The van der Waals surface area contributed by atoms with Gasteiger partial charge in [-0.3, -0.25) is 4.79 Å². The predicted molar refractivity (Wildman–Crippen MR) is 60.4 cm³/mol. The molecule has 0 saturated heterocycles. The molecule has 0 aliphatic carbocycles. The Labute approximate surface area is 105 Å². The molecular weight excluding hydrogens is 301 g/mol. The van der Waals surface area contributed by atoms with Crippen molar-refractivity contribution >= 4 is 21.7 Å². The van der Waals surface area contributed by atoms with Crippen LogP contribution in [0.25, 0.3) is 0 Å². The summed E-state index contributed by atoms with van der Waals surface area (Å²) in [7, 11) is 0. The number of hydrogen-bond acceptors (Lipinski definition) is 2. The van der Waals surface area contributed by atoms with E-state index in [2.05, 4.69) is 20.7 Å². The van der Waals surface area contributed by atoms with Gasteiger partial charge in [-0.15, -0.1) is 13.2 Å². The second-order valence-corrected chi connectivity index (χ2v) is 4.11. The van der Waals surface area contributed by atoms with Crippen molar-refractivity contribution in [2.45, 2.75) is 19.7 Å². The van der Waals surface area contributed by atoms with Crippen LogP contribution in [-0.4, -0.2) is 17.5 Å². The molecule has 0 aliphatic rings. The average Bonchev–Trinajstić information content (AvgIpc) is 2.13. The van der Waals surface area contributed by atoms with Gasteiger partial charge in [0.25, 0.3) is 0 Å². The number of halogens is 4. The molecule has 0 fully saturated rings. The Kier molecular flexibility index (Phi) is 4.56. The van der Waals surface area contributed by atoms with Gasteiger partial charge in [-0.25, -0.2) is 0 Å². The van der Waals surface area contributed by atoms with E-state index in [1.165, 1.54) is 12.1 Å². The van der Waals surface area contributed by atoms with E-state index in [0.717, 1.165) is 0 Å². The number of rotatable bonds is 4. The molecule has 1 rings (SSSR count). The van der Waals surface area contributed by atoms with Gasteiger partial charge in [-0.1, -0.05) is 22.0 Å². The summed E-state index contributed by atoms with van der Waals surface area (Å²) in [4.78, 5) is 11.2. The number of ether oxygens (including phenoxy) is 1. The molecule has 0 spiro atoms. The van der Waals surface area contributed by atoms with Crippen LogP contribution in [0, 0.1) is 6.92 Å². The lowest BCUT2D eigenvalue weighted by molar-refractivity contribution is -0.274. The summed E-state index contributed by atoms with van der Waals surface area (Å²) in [6, 6.07) is 4.15. The van der Waals surface area contributed by atoms with Gasteiger partial charge in [-0.05, 0) is 30.2 Å². The molecule has 6 heteroatoms. The van der Waals surface area contributed by atoms with Crippen molar-refractivity contribution in [2.75, 3.05) is 5.33 Å². The van der Waals surface area contributed by atoms with E-state index in [9.17, 15) is 18.0 Å². The SMILES string of the molecule is Cc1cc(CC(=O)CBr)cc(OC(F)(F)F)c1. The molecule has 1 aromatic rings. The summed E-state index contributed by atoms with van der Waals surface area (Å²) < 4.78 is 39.9. The first-order valence-electron chi connectivity index (χ1n) is 4.74. The van der Waals surface area contributed by atoms with Crippen molar-refractivity contribution in [2.24, 2.45) is 0 Å². The van der Waals surface area contributed by atoms with Gasteiger partial charge in [-0.2, -0.15) is 0 Å². The van der Waals surface area contributed by atoms with Crippen molar-refractivity contribution in [1.82, 2.24) is 0 Å². The zero-order chi connectivity index (χ0) is 13.1. The lowest BCUT2D eigenvalue weighted by Crippen LogP contribution is -2.17. The zero-order valence-corrected chi connectivity index (χ0v) is 10.6. The number of carbonyl (C=O) groups is 1.